The van der Waals surface area contributed by atoms with Crippen molar-refractivity contribution < 1.29 is 9.53 Å². The first-order valence-electron chi connectivity index (χ1n) is 9.72. The van der Waals surface area contributed by atoms with E-state index in [1.807, 2.05) is 0 Å². The van der Waals surface area contributed by atoms with Crippen LogP contribution in [0.4, 0.5) is 0 Å². The van der Waals surface area contributed by atoms with E-state index in [9.17, 15) is 4.79 Å². The molecule has 1 aromatic rings. The summed E-state index contributed by atoms with van der Waals surface area (Å²) < 4.78 is 8.08. The fraction of sp³-hybridized carbons (Fsp3) is 0.667. The Bertz CT molecular complexity index is 741. The lowest BCUT2D eigenvalue weighted by atomic mass is 9.90. The molecule has 1 aromatic heterocycles. The molecule has 25 heavy (non-hydrogen) atoms. The Morgan fingerprint density at radius 2 is 2.08 bits per heavy atom. The molecule has 4 nitrogen and oxygen atoms in total. The van der Waals surface area contributed by atoms with E-state index in [1.165, 1.54) is 34.5 Å². The smallest absolute Gasteiger partial charge is 0.223 e. The van der Waals surface area contributed by atoms with Gasteiger partial charge in [-0.2, -0.15) is 0 Å². The van der Waals surface area contributed by atoms with Gasteiger partial charge < -0.3 is 14.2 Å². The lowest BCUT2D eigenvalue weighted by molar-refractivity contribution is -0.149. The van der Waals surface area contributed by atoms with Crippen molar-refractivity contribution in [2.75, 3.05) is 13.2 Å². The van der Waals surface area contributed by atoms with Gasteiger partial charge in [0.1, 0.15) is 0 Å². The van der Waals surface area contributed by atoms with Crippen molar-refractivity contribution >= 4 is 17.6 Å². The maximum absolute atomic E-state index is 12.9. The highest BCUT2D eigenvalue weighted by atomic mass is 16.5. The van der Waals surface area contributed by atoms with Gasteiger partial charge in [-0.3, -0.25) is 4.79 Å². The molecule has 1 saturated heterocycles. The van der Waals surface area contributed by atoms with Gasteiger partial charge in [0.25, 0.3) is 0 Å². The van der Waals surface area contributed by atoms with Crippen LogP contribution in [0, 0.1) is 0 Å². The second-order valence-electron chi connectivity index (χ2n) is 7.66. The number of aryl methyl sites for hydroxylation is 2. The van der Waals surface area contributed by atoms with Gasteiger partial charge in [-0.05, 0) is 45.6 Å². The van der Waals surface area contributed by atoms with Crippen LogP contribution < -0.4 is 10.6 Å². The first kappa shape index (κ1) is 18.2. The molecule has 2 atom stereocenters. The number of carbonyl (C=O) groups is 1. The first-order valence-corrected chi connectivity index (χ1v) is 9.72. The van der Waals surface area contributed by atoms with Crippen molar-refractivity contribution in [3.05, 3.63) is 22.3 Å². The Balaban J connectivity index is 1.74. The summed E-state index contributed by atoms with van der Waals surface area (Å²) in [6, 6.07) is 0.309. The molecular formula is C21H32N2O2. The van der Waals surface area contributed by atoms with Crippen LogP contribution in [-0.2, 0) is 23.0 Å². The van der Waals surface area contributed by atoms with Gasteiger partial charge >= 0.3 is 0 Å². The average molecular weight is 344 g/mol. The van der Waals surface area contributed by atoms with Crippen LogP contribution in [0.1, 0.15) is 58.4 Å². The molecule has 3 rings (SSSR count). The largest absolute Gasteiger partial charge is 0.374 e. The summed E-state index contributed by atoms with van der Waals surface area (Å²) in [5.74, 6) is 0.297. The normalized spacial score (nSPS) is 24.3. The van der Waals surface area contributed by atoms with E-state index >= 15 is 0 Å². The number of fused-ring (bicyclic) bond motifs is 1. The molecule has 1 saturated carbocycles. The zero-order valence-electron chi connectivity index (χ0n) is 16.2. The van der Waals surface area contributed by atoms with Crippen LogP contribution in [0.15, 0.2) is 6.20 Å². The summed E-state index contributed by atoms with van der Waals surface area (Å²) in [6.45, 7) is 7.84. The molecule has 2 unspecified atom stereocenters. The second kappa shape index (κ2) is 7.77. The third kappa shape index (κ3) is 3.69. The number of ether oxygens (including phenoxy) is 1. The number of morpholine rings is 1. The van der Waals surface area contributed by atoms with Crippen molar-refractivity contribution in [1.82, 2.24) is 9.47 Å². The van der Waals surface area contributed by atoms with Gasteiger partial charge in [0.2, 0.25) is 5.91 Å². The van der Waals surface area contributed by atoms with Gasteiger partial charge in [-0.1, -0.05) is 24.5 Å². The number of hydrogen-bond donors (Lipinski definition) is 0. The highest BCUT2D eigenvalue weighted by Crippen LogP contribution is 2.28. The first-order chi connectivity index (χ1) is 12.0. The molecule has 1 amide bonds. The van der Waals surface area contributed by atoms with Crippen molar-refractivity contribution in [2.45, 2.75) is 71.4 Å². The second-order valence-corrected chi connectivity index (χ2v) is 7.66. The monoisotopic (exact) mass is 344 g/mol. The lowest BCUT2D eigenvalue weighted by Crippen LogP contribution is -2.54. The number of aromatic nitrogens is 1. The number of hydrogen-bond acceptors (Lipinski definition) is 2. The number of carbonyl (C=O) groups excluding carboxylic acids is 1. The molecule has 1 aliphatic heterocycles. The Morgan fingerprint density at radius 1 is 1.32 bits per heavy atom. The summed E-state index contributed by atoms with van der Waals surface area (Å²) in [5, 5.41) is 2.57. The number of rotatable bonds is 3. The third-order valence-corrected chi connectivity index (χ3v) is 5.74. The highest BCUT2D eigenvalue weighted by molar-refractivity contribution is 5.77. The topological polar surface area (TPSA) is 34.5 Å². The minimum absolute atomic E-state index is 0.270. The van der Waals surface area contributed by atoms with E-state index in [4.69, 9.17) is 4.74 Å². The Labute approximate surface area is 151 Å². The molecule has 138 valence electrons. The summed E-state index contributed by atoms with van der Waals surface area (Å²) in [7, 11) is 2.09. The molecule has 0 radical (unpaired) electrons. The highest BCUT2D eigenvalue weighted by Gasteiger charge is 2.36. The average Bonchev–Trinajstić information content (AvgIpc) is 2.94. The van der Waals surface area contributed by atoms with E-state index < -0.39 is 0 Å². The molecule has 0 spiro atoms. The van der Waals surface area contributed by atoms with Gasteiger partial charge in [0.15, 0.2) is 0 Å². The Morgan fingerprint density at radius 3 is 2.80 bits per heavy atom. The summed E-state index contributed by atoms with van der Waals surface area (Å²) >= 11 is 0. The van der Waals surface area contributed by atoms with Crippen LogP contribution in [0.2, 0.25) is 0 Å². The van der Waals surface area contributed by atoms with Crippen LogP contribution in [0.5, 0.6) is 0 Å². The SMILES string of the molecule is CC=c1c(=C(C)C)c(CCC(=O)N2CCOC3CCCCC32)cn1C. The fourth-order valence-electron chi connectivity index (χ4n) is 4.61. The summed E-state index contributed by atoms with van der Waals surface area (Å²) in [6.07, 6.45) is 10.7. The van der Waals surface area contributed by atoms with Crippen LogP contribution in [0.3, 0.4) is 0 Å². The molecule has 0 aromatic carbocycles. The molecule has 2 aliphatic rings. The maximum Gasteiger partial charge on any atom is 0.223 e. The summed E-state index contributed by atoms with van der Waals surface area (Å²) in [5.41, 5.74) is 2.60. The van der Waals surface area contributed by atoms with Crippen molar-refractivity contribution in [3.8, 4) is 0 Å². The molecular weight excluding hydrogens is 312 g/mol. The van der Waals surface area contributed by atoms with Gasteiger partial charge in [-0.15, -0.1) is 0 Å². The van der Waals surface area contributed by atoms with E-state index in [1.54, 1.807) is 0 Å². The standard InChI is InChI=1S/C21H32N2O2/c1-5-17-21(15(2)3)16(14-22(17)4)10-11-20(24)23-12-13-25-19-9-7-6-8-18(19)23/h5,14,18-19H,6-13H2,1-4H3. The predicted octanol–water partition coefficient (Wildman–Crippen LogP) is 2.12. The van der Waals surface area contributed by atoms with Crippen molar-refractivity contribution in [2.24, 2.45) is 7.05 Å². The van der Waals surface area contributed by atoms with Crippen LogP contribution in [0.25, 0.3) is 11.6 Å². The number of nitrogens with zero attached hydrogens (tertiary/aromatic N) is 2. The van der Waals surface area contributed by atoms with Gasteiger partial charge in [0.05, 0.1) is 18.8 Å². The van der Waals surface area contributed by atoms with E-state index in [-0.39, 0.29) is 6.10 Å². The maximum atomic E-state index is 12.9. The predicted molar refractivity (Wildman–Crippen MR) is 102 cm³/mol. The van der Waals surface area contributed by atoms with Gasteiger partial charge in [-0.25, -0.2) is 0 Å². The van der Waals surface area contributed by atoms with Crippen molar-refractivity contribution in [3.63, 3.8) is 0 Å². The van der Waals surface area contributed by atoms with E-state index in [2.05, 4.69) is 49.6 Å². The van der Waals surface area contributed by atoms with Crippen LogP contribution in [-0.4, -0.2) is 40.7 Å². The van der Waals surface area contributed by atoms with Crippen LogP contribution >= 0.6 is 0 Å². The summed E-state index contributed by atoms with van der Waals surface area (Å²) in [4.78, 5) is 15.0. The zero-order chi connectivity index (χ0) is 18.0. The van der Waals surface area contributed by atoms with Gasteiger partial charge in [0, 0.05) is 36.8 Å². The van der Waals surface area contributed by atoms with E-state index in [0.29, 0.717) is 25.0 Å². The third-order valence-electron chi connectivity index (χ3n) is 5.74. The fourth-order valence-corrected chi connectivity index (χ4v) is 4.61. The van der Waals surface area contributed by atoms with Crippen molar-refractivity contribution in [1.29, 1.82) is 0 Å². The molecule has 2 heterocycles. The molecule has 0 N–H and O–H groups in total. The van der Waals surface area contributed by atoms with E-state index in [0.717, 1.165) is 25.8 Å². The zero-order valence-corrected chi connectivity index (χ0v) is 16.2. The molecule has 0 bridgehead atoms. The minimum atomic E-state index is 0.270. The molecule has 4 heteroatoms. The molecule has 2 fully saturated rings. The number of amides is 1. The Hall–Kier alpha value is -1.55. The Kier molecular flexibility index (Phi) is 5.67. The molecule has 1 aliphatic carbocycles. The lowest BCUT2D eigenvalue weighted by Gasteiger charge is -2.43. The minimum Gasteiger partial charge on any atom is -0.374 e. The quantitative estimate of drug-likeness (QED) is 0.842.